The number of amides is 4. The fraction of sp³-hybridized carbons (Fsp3) is 0.432. The van der Waals surface area contributed by atoms with Gasteiger partial charge in [-0.25, -0.2) is 4.79 Å². The summed E-state index contributed by atoms with van der Waals surface area (Å²) in [7, 11) is 0. The number of carbonyl (C=O) groups excluding carboxylic acids is 3. The van der Waals surface area contributed by atoms with E-state index in [9.17, 15) is 23.6 Å². The van der Waals surface area contributed by atoms with Gasteiger partial charge in [-0.1, -0.05) is 92.6 Å². The zero-order valence-electron chi connectivity index (χ0n) is 36.5. The van der Waals surface area contributed by atoms with E-state index in [4.69, 9.17) is 14.3 Å². The van der Waals surface area contributed by atoms with Crippen molar-refractivity contribution in [3.05, 3.63) is 101 Å². The number of aliphatic hydroxyl groups is 1. The topological polar surface area (TPSA) is 120 Å². The van der Waals surface area contributed by atoms with Crippen LogP contribution in [-0.2, 0) is 22.4 Å². The number of nitrogens with one attached hydrogen (secondary N) is 3. The Morgan fingerprint density at radius 3 is 2.39 bits per heavy atom. The number of nitrogens with zero attached hydrogens (tertiary/aromatic N) is 1. The van der Waals surface area contributed by atoms with Crippen LogP contribution in [0.4, 0.5) is 4.79 Å². The molecule has 9 heteroatoms. The second-order valence-electron chi connectivity index (χ2n) is 11.5. The summed E-state index contributed by atoms with van der Waals surface area (Å²) in [4.78, 5) is 42.1. The fourth-order valence-electron chi connectivity index (χ4n) is 5.33. The van der Waals surface area contributed by atoms with E-state index in [0.29, 0.717) is 36.2 Å². The minimum atomic E-state index is -3.53. The first-order valence-electron chi connectivity index (χ1n) is 20.3. The van der Waals surface area contributed by atoms with Gasteiger partial charge in [0.15, 0.2) is 6.56 Å². The monoisotopic (exact) mass is 638 g/mol. The lowest BCUT2D eigenvalue weighted by molar-refractivity contribution is -0.128. The van der Waals surface area contributed by atoms with Gasteiger partial charge in [-0.3, -0.25) is 9.59 Å². The number of ether oxygens (including phenoxy) is 1. The van der Waals surface area contributed by atoms with E-state index in [1.807, 2.05) is 5.32 Å². The van der Waals surface area contributed by atoms with Crippen molar-refractivity contribution in [2.75, 3.05) is 19.6 Å². The highest BCUT2D eigenvalue weighted by atomic mass is 16.5. The van der Waals surface area contributed by atoms with E-state index in [1.165, 1.54) is 4.90 Å². The van der Waals surface area contributed by atoms with E-state index >= 15 is 0 Å². The van der Waals surface area contributed by atoms with E-state index in [-0.39, 0.29) is 18.1 Å². The average molecular weight is 639 g/mol. The third kappa shape index (κ3) is 9.81. The van der Waals surface area contributed by atoms with Crippen LogP contribution < -0.4 is 20.7 Å². The van der Waals surface area contributed by atoms with E-state index in [0.717, 1.165) is 0 Å². The molecule has 1 aliphatic rings. The van der Waals surface area contributed by atoms with Crippen LogP contribution in [0.5, 0.6) is 5.75 Å². The van der Waals surface area contributed by atoms with Crippen molar-refractivity contribution in [2.24, 2.45) is 5.92 Å². The number of hydrogen-bond acceptors (Lipinski definition) is 5. The van der Waals surface area contributed by atoms with Crippen molar-refractivity contribution in [2.45, 2.75) is 77.5 Å². The van der Waals surface area contributed by atoms with Gasteiger partial charge < -0.3 is 30.7 Å². The zero-order valence-corrected chi connectivity index (χ0v) is 26.5. The molecule has 0 aromatic heterocycles. The van der Waals surface area contributed by atoms with Gasteiger partial charge in [0.25, 0.3) is 5.91 Å². The number of carbonyl (C=O) groups is 3. The van der Waals surface area contributed by atoms with Crippen LogP contribution in [0, 0.1) is 19.8 Å². The standard InChI is InChI=1S/C37H48N4O5/c1-25(2)34(41-20-12-19-38-37(41)45)36(44)39-30(21-28-15-7-5-8-16-28)23-32(42)31(22-29-17-9-6-10-18-29)40-33(43)24-46-35-26(3)13-11-14-27(35)4/h5-11,13-18,25,30-32,34,42H,12,19-24H2,1-4H3,(H,38,45)(H,39,44)(H,40,43)/t30-,31-,32-,34-/m0/s1/i6D,9D,10D,17D,18D,22D2,24D2,31D. The van der Waals surface area contributed by atoms with Crippen LogP contribution >= 0.6 is 0 Å². The van der Waals surface area contributed by atoms with Crippen LogP contribution in [0.3, 0.4) is 0 Å². The predicted molar refractivity (Wildman–Crippen MR) is 180 cm³/mol. The minimum absolute atomic E-state index is 0.00115. The van der Waals surface area contributed by atoms with Gasteiger partial charge in [0, 0.05) is 21.9 Å². The molecule has 4 amide bonds. The zero-order chi connectivity index (χ0) is 41.9. The molecular weight excluding hydrogens is 580 g/mol. The number of urea groups is 1. The van der Waals surface area contributed by atoms with Crippen molar-refractivity contribution >= 4 is 17.8 Å². The smallest absolute Gasteiger partial charge is 0.318 e. The molecule has 3 aromatic rings. The first kappa shape index (κ1) is 23.0. The maximum Gasteiger partial charge on any atom is 0.318 e. The Bertz CT molecular complexity index is 1890. The molecule has 0 aliphatic carbocycles. The lowest BCUT2D eigenvalue weighted by atomic mass is 9.92. The normalized spacial score (nSPS) is 20.2. The highest BCUT2D eigenvalue weighted by Gasteiger charge is 2.35. The van der Waals surface area contributed by atoms with Gasteiger partial charge >= 0.3 is 6.03 Å². The molecule has 9 nitrogen and oxygen atoms in total. The summed E-state index contributed by atoms with van der Waals surface area (Å²) in [5, 5.41) is 19.6. The summed E-state index contributed by atoms with van der Waals surface area (Å²) in [6.07, 6.45) is -5.99. The Morgan fingerprint density at radius 2 is 1.74 bits per heavy atom. The number of para-hydroxylation sites is 1. The second-order valence-corrected chi connectivity index (χ2v) is 11.5. The predicted octanol–water partition coefficient (Wildman–Crippen LogP) is 4.33. The Morgan fingerprint density at radius 1 is 1.04 bits per heavy atom. The molecule has 3 aromatic carbocycles. The van der Waals surface area contributed by atoms with Gasteiger partial charge in [0.2, 0.25) is 5.91 Å². The van der Waals surface area contributed by atoms with Crippen LogP contribution in [0.25, 0.3) is 0 Å². The molecule has 0 radical (unpaired) electrons. The highest BCUT2D eigenvalue weighted by molar-refractivity contribution is 5.87. The van der Waals surface area contributed by atoms with Crippen molar-refractivity contribution in [1.29, 1.82) is 0 Å². The largest absolute Gasteiger partial charge is 0.483 e. The summed E-state index contributed by atoms with van der Waals surface area (Å²) in [5.41, 5.74) is 0.478. The van der Waals surface area contributed by atoms with Crippen LogP contribution in [-0.4, -0.2) is 71.7 Å². The SMILES string of the molecule is [2H]c1c([2H])c([2H])c(C([2H])([2H])[C@]([2H])(NC(=O)C([2H])([2H])Oc2c(C)cccc2C)[C@@H](O)C[C@H](Cc2ccccc2)NC(=O)[C@H](C(C)C)N2CCCNC2=O)c([2H])c1[2H]. The Balaban J connectivity index is 1.82. The second kappa shape index (κ2) is 16.8. The Labute approximate surface area is 286 Å². The minimum Gasteiger partial charge on any atom is -0.483 e. The van der Waals surface area contributed by atoms with Gasteiger partial charge in [0.05, 0.1) is 23.1 Å². The molecule has 46 heavy (non-hydrogen) atoms. The van der Waals surface area contributed by atoms with E-state index in [2.05, 4.69) is 10.6 Å². The van der Waals surface area contributed by atoms with Gasteiger partial charge in [-0.15, -0.1) is 0 Å². The summed E-state index contributed by atoms with van der Waals surface area (Å²) < 4.78 is 91.9. The van der Waals surface area contributed by atoms with Crippen LogP contribution in [0.15, 0.2) is 78.7 Å². The summed E-state index contributed by atoms with van der Waals surface area (Å²) >= 11 is 0. The number of benzene rings is 3. The maximum atomic E-state index is 14.0. The lowest BCUT2D eigenvalue weighted by Crippen LogP contribution is -2.59. The van der Waals surface area contributed by atoms with Gasteiger partial charge in [-0.2, -0.15) is 0 Å². The summed E-state index contributed by atoms with van der Waals surface area (Å²) in [6.45, 7) is 4.14. The maximum absolute atomic E-state index is 14.0. The van der Waals surface area contributed by atoms with E-state index < -0.39 is 97.2 Å². The van der Waals surface area contributed by atoms with Crippen molar-refractivity contribution in [3.8, 4) is 5.75 Å². The Kier molecular flexibility index (Phi) is 8.41. The van der Waals surface area contributed by atoms with Gasteiger partial charge in [0.1, 0.15) is 11.8 Å². The molecule has 0 unspecified atom stereocenters. The summed E-state index contributed by atoms with van der Waals surface area (Å²) in [6, 6.07) is 2.76. The van der Waals surface area contributed by atoms with Crippen molar-refractivity contribution in [1.82, 2.24) is 20.9 Å². The third-order valence-electron chi connectivity index (χ3n) is 7.52. The number of aliphatic hydroxyl groups excluding tert-OH is 1. The molecular formula is C37H48N4O5. The molecule has 0 spiro atoms. The molecule has 4 atom stereocenters. The fourth-order valence-corrected chi connectivity index (χ4v) is 5.33. The van der Waals surface area contributed by atoms with Crippen LogP contribution in [0.2, 0.25) is 0 Å². The molecule has 4 N–H and O–H groups in total. The van der Waals surface area contributed by atoms with E-state index in [1.54, 1.807) is 76.2 Å². The first-order valence-corrected chi connectivity index (χ1v) is 15.3. The van der Waals surface area contributed by atoms with Crippen molar-refractivity contribution < 1.29 is 37.9 Å². The molecule has 1 fully saturated rings. The Hall–Kier alpha value is -4.37. The molecule has 4 rings (SSSR count). The number of rotatable bonds is 15. The van der Waals surface area contributed by atoms with Gasteiger partial charge in [-0.05, 0) is 67.7 Å². The number of hydrogen-bond donors (Lipinski definition) is 4. The summed E-state index contributed by atoms with van der Waals surface area (Å²) in [5.74, 6) is -2.72. The first-order chi connectivity index (χ1) is 26.0. The van der Waals surface area contributed by atoms with Crippen molar-refractivity contribution in [3.63, 3.8) is 0 Å². The van der Waals surface area contributed by atoms with Crippen LogP contribution in [0.1, 0.15) is 62.7 Å². The lowest BCUT2D eigenvalue weighted by Gasteiger charge is -2.37. The molecule has 1 aliphatic heterocycles. The molecule has 1 heterocycles. The molecule has 246 valence electrons. The quantitative estimate of drug-likeness (QED) is 0.198. The highest BCUT2D eigenvalue weighted by Crippen LogP contribution is 2.22. The third-order valence-corrected chi connectivity index (χ3v) is 7.52. The molecule has 0 bridgehead atoms. The number of aryl methyl sites for hydroxylation is 2. The molecule has 0 saturated carbocycles. The average Bonchev–Trinajstić information content (AvgIpc) is 3.12. The molecule has 1 saturated heterocycles.